The van der Waals surface area contributed by atoms with Gasteiger partial charge in [-0.2, -0.15) is 0 Å². The number of benzene rings is 3. The summed E-state index contributed by atoms with van der Waals surface area (Å²) in [5.41, 5.74) is 12.4. The number of aromatic nitrogens is 6. The summed E-state index contributed by atoms with van der Waals surface area (Å²) in [7, 11) is 3.27. The van der Waals surface area contributed by atoms with Crippen LogP contribution in [0.25, 0.3) is 21.9 Å². The van der Waals surface area contributed by atoms with Crippen LogP contribution in [0.3, 0.4) is 0 Å². The number of rotatable bonds is 19. The molecule has 61 heavy (non-hydrogen) atoms. The summed E-state index contributed by atoms with van der Waals surface area (Å²) in [5.74, 6) is 1.21. The van der Waals surface area contributed by atoms with Gasteiger partial charge in [-0.15, -0.1) is 5.10 Å². The fourth-order valence-corrected chi connectivity index (χ4v) is 8.67. The molecule has 16 heteroatoms. The van der Waals surface area contributed by atoms with Gasteiger partial charge in [0.2, 0.25) is 11.8 Å². The molecule has 5 N–H and O–H groups in total. The Hall–Kier alpha value is -5.61. The van der Waals surface area contributed by atoms with Crippen LogP contribution < -0.4 is 21.7 Å². The van der Waals surface area contributed by atoms with Crippen molar-refractivity contribution in [1.29, 1.82) is 0 Å². The maximum absolute atomic E-state index is 12.7. The van der Waals surface area contributed by atoms with Crippen LogP contribution in [0.4, 0.5) is 10.6 Å². The molecule has 0 unspecified atom stereocenters. The van der Waals surface area contributed by atoms with E-state index in [-0.39, 0.29) is 41.7 Å². The van der Waals surface area contributed by atoms with Gasteiger partial charge >= 0.3 is 6.09 Å². The lowest BCUT2D eigenvalue weighted by molar-refractivity contribution is -0.123. The number of carbonyl (C=O) groups excluding carboxylic acids is 3. The third kappa shape index (κ3) is 13.2. The first-order chi connectivity index (χ1) is 29.1. The highest BCUT2D eigenvalue weighted by atomic mass is 33.1. The molecule has 0 atom stereocenters. The summed E-state index contributed by atoms with van der Waals surface area (Å²) in [6.45, 7) is 14.2. The van der Waals surface area contributed by atoms with Crippen LogP contribution in [0.2, 0.25) is 0 Å². The van der Waals surface area contributed by atoms with Gasteiger partial charge in [0.15, 0.2) is 5.82 Å². The van der Waals surface area contributed by atoms with Gasteiger partial charge in [-0.3, -0.25) is 9.59 Å². The van der Waals surface area contributed by atoms with Crippen LogP contribution in [0.15, 0.2) is 83.9 Å². The molecule has 14 nitrogen and oxygen atoms in total. The maximum atomic E-state index is 12.7. The third-order valence-corrected chi connectivity index (χ3v) is 13.0. The lowest BCUT2D eigenvalue weighted by Gasteiger charge is -2.23. The highest BCUT2D eigenvalue weighted by Crippen LogP contribution is 2.40. The largest absolute Gasteiger partial charge is 0.445 e. The number of nitrogens with two attached hydrogens (primary N) is 1. The van der Waals surface area contributed by atoms with Crippen LogP contribution in [0.1, 0.15) is 89.0 Å². The van der Waals surface area contributed by atoms with Gasteiger partial charge in [-0.1, -0.05) is 116 Å². The molecular weight excluding hydrogens is 809 g/mol. The minimum Gasteiger partial charge on any atom is -0.445 e. The third-order valence-electron chi connectivity index (χ3n) is 9.66. The molecular formula is C45H56N10O4S2. The van der Waals surface area contributed by atoms with Gasteiger partial charge in [0.25, 0.3) is 0 Å². The van der Waals surface area contributed by atoms with E-state index in [1.807, 2.05) is 75.4 Å². The molecule has 322 valence electrons. The van der Waals surface area contributed by atoms with Crippen molar-refractivity contribution in [2.45, 2.75) is 110 Å². The summed E-state index contributed by atoms with van der Waals surface area (Å²) in [4.78, 5) is 48.0. The second kappa shape index (κ2) is 20.3. The second-order valence-electron chi connectivity index (χ2n) is 16.9. The molecule has 3 aromatic heterocycles. The van der Waals surface area contributed by atoms with Gasteiger partial charge in [0.1, 0.15) is 30.2 Å². The Morgan fingerprint density at radius 1 is 0.836 bits per heavy atom. The molecule has 0 spiro atoms. The number of anilines is 1. The molecule has 6 aromatic rings. The first kappa shape index (κ1) is 44.9. The van der Waals surface area contributed by atoms with E-state index >= 15 is 0 Å². The average Bonchev–Trinajstić information content (AvgIpc) is 3.84. The molecule has 0 aliphatic rings. The van der Waals surface area contributed by atoms with Gasteiger partial charge in [0, 0.05) is 47.5 Å². The number of nitrogen functional groups attached to an aromatic ring is 1. The van der Waals surface area contributed by atoms with E-state index in [4.69, 9.17) is 15.5 Å². The van der Waals surface area contributed by atoms with Crippen LogP contribution in [-0.4, -0.2) is 58.7 Å². The van der Waals surface area contributed by atoms with Crippen molar-refractivity contribution in [3.05, 3.63) is 107 Å². The highest BCUT2D eigenvalue weighted by Gasteiger charge is 2.22. The molecule has 0 saturated heterocycles. The Kier molecular flexibility index (Phi) is 15.0. The maximum Gasteiger partial charge on any atom is 0.407 e. The Balaban J connectivity index is 0.908. The zero-order valence-corrected chi connectivity index (χ0v) is 37.4. The predicted molar refractivity (Wildman–Crippen MR) is 244 cm³/mol. The minimum atomic E-state index is -0.491. The standard InChI is InChI=1S/C45H56N10O4S2/c1-7-8-13-37-51-40-41(35-11-9-10-12-36(35)50-42(40)46)55(37)25-31-16-14-30(15-17-31)23-48-43(58)59-28-32-18-20-34(21-19-32)60-61-45(5,6)29-49-39(57)27-54-26-33(52-53-54)24-47-38(56)22-44(2,3)4/h9-12,14-21,26H,7-8,13,22-25,27-29H2,1-6H3,(H2,46,50)(H,47,56)(H,48,58)(H,49,57). The van der Waals surface area contributed by atoms with Gasteiger partial charge < -0.3 is 31.0 Å². The topological polar surface area (TPSA) is 184 Å². The molecule has 0 saturated carbocycles. The number of carbonyl (C=O) groups is 3. The Morgan fingerprint density at radius 2 is 1.56 bits per heavy atom. The van der Waals surface area contributed by atoms with Gasteiger partial charge in [-0.25, -0.2) is 19.4 Å². The van der Waals surface area contributed by atoms with Crippen molar-refractivity contribution in [1.82, 2.24) is 45.5 Å². The lowest BCUT2D eigenvalue weighted by atomic mass is 9.92. The average molecular weight is 865 g/mol. The summed E-state index contributed by atoms with van der Waals surface area (Å²) >= 11 is 0. The number of hydrogen-bond acceptors (Lipinski definition) is 11. The van der Waals surface area contributed by atoms with E-state index < -0.39 is 6.09 Å². The number of para-hydroxylation sites is 1. The summed E-state index contributed by atoms with van der Waals surface area (Å²) < 4.78 is 8.98. The van der Waals surface area contributed by atoms with Crippen molar-refractivity contribution < 1.29 is 19.1 Å². The zero-order chi connectivity index (χ0) is 43.6. The fraction of sp³-hybridized carbons (Fsp3) is 0.400. The van der Waals surface area contributed by atoms with E-state index in [2.05, 4.69) is 74.8 Å². The summed E-state index contributed by atoms with van der Waals surface area (Å²) in [5, 5.41) is 17.8. The molecule has 3 amide bonds. The van der Waals surface area contributed by atoms with Crippen LogP contribution in [0.5, 0.6) is 0 Å². The van der Waals surface area contributed by atoms with Crippen LogP contribution in [-0.2, 0) is 53.5 Å². The number of unbranched alkanes of at least 4 members (excludes halogenated alkanes) is 1. The smallest absolute Gasteiger partial charge is 0.407 e. The Labute approximate surface area is 365 Å². The predicted octanol–water partition coefficient (Wildman–Crippen LogP) is 7.96. The molecule has 3 aromatic carbocycles. The van der Waals surface area contributed by atoms with Crippen molar-refractivity contribution in [2.24, 2.45) is 5.41 Å². The number of amides is 3. The molecule has 3 heterocycles. The Bertz CT molecular complexity index is 2440. The minimum absolute atomic E-state index is 0.0322. The van der Waals surface area contributed by atoms with Crippen molar-refractivity contribution in [2.75, 3.05) is 12.3 Å². The van der Waals surface area contributed by atoms with Crippen molar-refractivity contribution >= 4 is 67.2 Å². The quantitative estimate of drug-likeness (QED) is 0.0580. The zero-order valence-electron chi connectivity index (χ0n) is 35.8. The van der Waals surface area contributed by atoms with E-state index in [1.54, 1.807) is 27.8 Å². The number of fused-ring (bicyclic) bond motifs is 3. The fourth-order valence-electron chi connectivity index (χ4n) is 6.50. The SMILES string of the molecule is CCCCc1nc2c(N)nc3ccccc3c2n1Cc1ccc(CNC(=O)OCc2ccc(SSC(C)(C)CNC(=O)Cn3cc(CNC(=O)CC(C)(C)C)nn3)cc2)cc1. The normalized spacial score (nSPS) is 11.8. The van der Waals surface area contributed by atoms with Crippen LogP contribution in [0, 0.1) is 5.41 Å². The van der Waals surface area contributed by atoms with Gasteiger partial charge in [0.05, 0.1) is 23.8 Å². The second-order valence-corrected chi connectivity index (χ2v) is 19.9. The van der Waals surface area contributed by atoms with Gasteiger partial charge in [-0.05, 0) is 60.6 Å². The monoisotopic (exact) mass is 864 g/mol. The molecule has 0 aliphatic heterocycles. The molecule has 0 aliphatic carbocycles. The number of nitrogens with one attached hydrogen (secondary N) is 3. The van der Waals surface area contributed by atoms with Crippen LogP contribution >= 0.6 is 21.6 Å². The summed E-state index contributed by atoms with van der Waals surface area (Å²) in [6, 6.07) is 24.1. The first-order valence-corrected chi connectivity index (χ1v) is 22.7. The van der Waals surface area contributed by atoms with E-state index in [0.717, 1.165) is 68.6 Å². The number of imidazole rings is 1. The van der Waals surface area contributed by atoms with Crippen molar-refractivity contribution in [3.8, 4) is 0 Å². The number of ether oxygens (including phenoxy) is 1. The molecule has 0 fully saturated rings. The number of pyridine rings is 1. The van der Waals surface area contributed by atoms with E-state index in [1.165, 1.54) is 4.68 Å². The van der Waals surface area contributed by atoms with E-state index in [9.17, 15) is 14.4 Å². The van der Waals surface area contributed by atoms with Crippen molar-refractivity contribution in [3.63, 3.8) is 0 Å². The number of nitrogens with zero attached hydrogens (tertiary/aromatic N) is 6. The number of alkyl carbamates (subject to hydrolysis) is 1. The lowest BCUT2D eigenvalue weighted by Crippen LogP contribution is -2.37. The number of hydrogen-bond donors (Lipinski definition) is 4. The number of aryl methyl sites for hydroxylation is 1. The Morgan fingerprint density at radius 3 is 2.30 bits per heavy atom. The highest BCUT2D eigenvalue weighted by molar-refractivity contribution is 8.77. The van der Waals surface area contributed by atoms with E-state index in [0.29, 0.717) is 37.6 Å². The molecule has 0 bridgehead atoms. The molecule has 0 radical (unpaired) electrons. The molecule has 6 rings (SSSR count). The first-order valence-electron chi connectivity index (χ1n) is 20.5. The summed E-state index contributed by atoms with van der Waals surface area (Å²) in [6.07, 6.45) is 4.54.